The first-order valence-electron chi connectivity index (χ1n) is 10.7. The zero-order chi connectivity index (χ0) is 20.0. The molecule has 0 radical (unpaired) electrons. The van der Waals surface area contributed by atoms with Crippen molar-refractivity contribution in [1.29, 1.82) is 0 Å². The van der Waals surface area contributed by atoms with Crippen molar-refractivity contribution in [1.82, 2.24) is 4.90 Å². The maximum atomic E-state index is 13.0. The van der Waals surface area contributed by atoms with Crippen LogP contribution in [0.5, 0.6) is 0 Å². The number of carbonyl (C=O) groups is 2. The lowest BCUT2D eigenvalue weighted by Crippen LogP contribution is -2.37. The van der Waals surface area contributed by atoms with Crippen LogP contribution in [-0.2, 0) is 24.1 Å². The van der Waals surface area contributed by atoms with Crippen LogP contribution in [0, 0.1) is 0 Å². The zero-order valence-electron chi connectivity index (χ0n) is 16.6. The summed E-state index contributed by atoms with van der Waals surface area (Å²) in [5.74, 6) is -0.467. The van der Waals surface area contributed by atoms with Gasteiger partial charge in [0, 0.05) is 17.0 Å². The average molecular weight is 410 g/mol. The van der Waals surface area contributed by atoms with Gasteiger partial charge in [-0.05, 0) is 68.1 Å². The van der Waals surface area contributed by atoms with Crippen LogP contribution in [0.1, 0.15) is 70.1 Å². The number of rotatable bonds is 6. The van der Waals surface area contributed by atoms with Gasteiger partial charge >= 0.3 is 0 Å². The number of nitrogens with zero attached hydrogens (tertiary/aromatic N) is 1. The molecule has 1 heterocycles. The van der Waals surface area contributed by atoms with Crippen molar-refractivity contribution in [2.75, 3.05) is 11.9 Å². The molecule has 0 unspecified atom stereocenters. The Bertz CT molecular complexity index is 963. The second kappa shape index (κ2) is 7.58. The molecule has 0 spiro atoms. The Balaban J connectivity index is 1.35. The van der Waals surface area contributed by atoms with E-state index in [4.69, 9.17) is 5.73 Å². The van der Waals surface area contributed by atoms with Gasteiger partial charge in [0.15, 0.2) is 0 Å². The Hall–Kier alpha value is -2.18. The van der Waals surface area contributed by atoms with Crippen molar-refractivity contribution in [3.8, 4) is 0 Å². The number of anilines is 1. The van der Waals surface area contributed by atoms with Crippen LogP contribution in [0.15, 0.2) is 24.3 Å². The number of benzene rings is 1. The van der Waals surface area contributed by atoms with Gasteiger partial charge in [0.2, 0.25) is 5.91 Å². The van der Waals surface area contributed by atoms with Crippen LogP contribution in [0.4, 0.5) is 5.00 Å². The second-order valence-electron chi connectivity index (χ2n) is 8.48. The fraction of sp³-hybridized carbons (Fsp3) is 0.478. The Labute approximate surface area is 175 Å². The Morgan fingerprint density at radius 1 is 1.10 bits per heavy atom. The highest BCUT2D eigenvalue weighted by Gasteiger charge is 2.38. The third-order valence-electron chi connectivity index (χ3n) is 6.51. The number of hydrogen-bond donors (Lipinski definition) is 2. The molecule has 3 N–H and O–H groups in total. The number of thiophene rings is 1. The number of aryl methyl sites for hydroxylation is 2. The maximum Gasteiger partial charge on any atom is 0.251 e. The highest BCUT2D eigenvalue weighted by atomic mass is 32.1. The summed E-state index contributed by atoms with van der Waals surface area (Å²) < 4.78 is 0. The second-order valence-corrected chi connectivity index (χ2v) is 9.59. The largest absolute Gasteiger partial charge is 0.365 e. The molecule has 152 valence electrons. The molecule has 2 amide bonds. The van der Waals surface area contributed by atoms with E-state index in [-0.39, 0.29) is 5.91 Å². The minimum Gasteiger partial charge on any atom is -0.365 e. The van der Waals surface area contributed by atoms with Crippen LogP contribution in [-0.4, -0.2) is 29.3 Å². The van der Waals surface area contributed by atoms with Gasteiger partial charge in [-0.25, -0.2) is 0 Å². The van der Waals surface area contributed by atoms with Gasteiger partial charge in [-0.1, -0.05) is 24.3 Å². The molecular formula is C23H27N3O2S. The molecule has 0 aliphatic heterocycles. The van der Waals surface area contributed by atoms with Gasteiger partial charge in [-0.3, -0.25) is 14.5 Å². The average Bonchev–Trinajstić information content (AvgIpc) is 3.35. The summed E-state index contributed by atoms with van der Waals surface area (Å²) in [6.07, 6.45) is 8.54. The molecule has 1 aromatic heterocycles. The monoisotopic (exact) mass is 409 g/mol. The number of nitrogens with one attached hydrogen (secondary N) is 1. The molecule has 5 rings (SSSR count). The zero-order valence-corrected chi connectivity index (χ0v) is 17.4. The molecule has 3 aliphatic carbocycles. The molecule has 0 saturated heterocycles. The van der Waals surface area contributed by atoms with Gasteiger partial charge in [-0.15, -0.1) is 11.3 Å². The molecule has 6 heteroatoms. The molecule has 0 bridgehead atoms. The van der Waals surface area contributed by atoms with Gasteiger partial charge < -0.3 is 11.1 Å². The molecule has 1 atom stereocenters. The molecule has 1 saturated carbocycles. The van der Waals surface area contributed by atoms with Crippen LogP contribution in [0.25, 0.3) is 0 Å². The Morgan fingerprint density at radius 3 is 2.69 bits per heavy atom. The summed E-state index contributed by atoms with van der Waals surface area (Å²) in [7, 11) is 0. The minimum absolute atomic E-state index is 0.0395. The van der Waals surface area contributed by atoms with Crippen molar-refractivity contribution >= 4 is 28.2 Å². The molecule has 5 nitrogen and oxygen atoms in total. The van der Waals surface area contributed by atoms with Crippen molar-refractivity contribution in [2.45, 2.75) is 63.5 Å². The number of carbonyl (C=O) groups excluding carboxylic acids is 2. The third-order valence-corrected chi connectivity index (χ3v) is 7.72. The Kier molecular flexibility index (Phi) is 4.92. The van der Waals surface area contributed by atoms with Crippen LogP contribution in [0.3, 0.4) is 0 Å². The lowest BCUT2D eigenvalue weighted by atomic mass is 9.95. The van der Waals surface area contributed by atoms with Crippen LogP contribution >= 0.6 is 11.3 Å². The van der Waals surface area contributed by atoms with Gasteiger partial charge in [0.25, 0.3) is 5.91 Å². The SMILES string of the molecule is NC(=O)c1c(NC(=O)CN(C2CC2)[C@@H]2CCc3ccccc32)sc2c1CCCC2. The van der Waals surface area contributed by atoms with E-state index in [1.807, 2.05) is 0 Å². The third kappa shape index (κ3) is 3.60. The summed E-state index contributed by atoms with van der Waals surface area (Å²) in [5, 5.41) is 3.70. The lowest BCUT2D eigenvalue weighted by molar-refractivity contribution is -0.118. The van der Waals surface area contributed by atoms with E-state index < -0.39 is 5.91 Å². The Morgan fingerprint density at radius 2 is 1.90 bits per heavy atom. The van der Waals surface area contributed by atoms with E-state index in [1.165, 1.54) is 27.3 Å². The fourth-order valence-electron chi connectivity index (χ4n) is 5.03. The molecule has 3 aliphatic rings. The maximum absolute atomic E-state index is 13.0. The lowest BCUT2D eigenvalue weighted by Gasteiger charge is -2.29. The predicted octanol–water partition coefficient (Wildman–Crippen LogP) is 3.82. The van der Waals surface area contributed by atoms with Crippen molar-refractivity contribution in [3.05, 3.63) is 51.4 Å². The number of amides is 2. The number of fused-ring (bicyclic) bond motifs is 2. The van der Waals surface area contributed by atoms with E-state index in [0.29, 0.717) is 29.2 Å². The highest BCUT2D eigenvalue weighted by molar-refractivity contribution is 7.17. The van der Waals surface area contributed by atoms with Crippen molar-refractivity contribution < 1.29 is 9.59 Å². The van der Waals surface area contributed by atoms with E-state index in [1.54, 1.807) is 0 Å². The molecular weight excluding hydrogens is 382 g/mol. The first kappa shape index (κ1) is 18.8. The van der Waals surface area contributed by atoms with Gasteiger partial charge in [0.05, 0.1) is 12.1 Å². The van der Waals surface area contributed by atoms with Gasteiger partial charge in [-0.2, -0.15) is 0 Å². The normalized spacial score (nSPS) is 20.4. The molecule has 1 aromatic carbocycles. The summed E-state index contributed by atoms with van der Waals surface area (Å²) in [6.45, 7) is 0.366. The summed E-state index contributed by atoms with van der Waals surface area (Å²) in [5.41, 5.74) is 10.1. The number of hydrogen-bond acceptors (Lipinski definition) is 4. The first-order valence-corrected chi connectivity index (χ1v) is 11.5. The summed E-state index contributed by atoms with van der Waals surface area (Å²) >= 11 is 1.54. The van der Waals surface area contributed by atoms with E-state index in [9.17, 15) is 9.59 Å². The molecule has 29 heavy (non-hydrogen) atoms. The number of nitrogens with two attached hydrogens (primary N) is 1. The van der Waals surface area contributed by atoms with Gasteiger partial charge in [0.1, 0.15) is 5.00 Å². The predicted molar refractivity (Wildman–Crippen MR) is 115 cm³/mol. The van der Waals surface area contributed by atoms with E-state index in [0.717, 1.165) is 56.9 Å². The molecule has 1 fully saturated rings. The smallest absolute Gasteiger partial charge is 0.251 e. The van der Waals surface area contributed by atoms with Crippen molar-refractivity contribution in [3.63, 3.8) is 0 Å². The van der Waals surface area contributed by atoms with Crippen LogP contribution < -0.4 is 11.1 Å². The summed E-state index contributed by atoms with van der Waals surface area (Å²) in [4.78, 5) is 28.7. The minimum atomic E-state index is -0.427. The van der Waals surface area contributed by atoms with Crippen LogP contribution in [0.2, 0.25) is 0 Å². The highest BCUT2D eigenvalue weighted by Crippen LogP contribution is 2.42. The number of primary amides is 1. The fourth-order valence-corrected chi connectivity index (χ4v) is 6.34. The first-order chi connectivity index (χ1) is 14.1. The van der Waals surface area contributed by atoms with E-state index in [2.05, 4.69) is 34.5 Å². The quantitative estimate of drug-likeness (QED) is 0.762. The summed E-state index contributed by atoms with van der Waals surface area (Å²) in [6, 6.07) is 9.41. The standard InChI is InChI=1S/C23H27N3O2S/c24-22(28)21-17-7-3-4-8-19(17)29-23(21)25-20(27)13-26(15-10-11-15)18-12-9-14-5-1-2-6-16(14)18/h1-2,5-6,15,18H,3-4,7-13H2,(H2,24,28)(H,25,27)/t18-/m1/s1. The molecule has 2 aromatic rings. The topological polar surface area (TPSA) is 75.4 Å². The van der Waals surface area contributed by atoms with E-state index >= 15 is 0 Å². The van der Waals surface area contributed by atoms with Crippen molar-refractivity contribution in [2.24, 2.45) is 5.73 Å².